The minimum Gasteiger partial charge on any atom is -0.461 e. The maximum atomic E-state index is 13.2. The Hall–Kier alpha value is -1.18. The van der Waals surface area contributed by atoms with Crippen LogP contribution in [0.2, 0.25) is 25.7 Å². The van der Waals surface area contributed by atoms with Crippen molar-refractivity contribution in [1.29, 1.82) is 0 Å². The van der Waals surface area contributed by atoms with E-state index >= 15 is 0 Å². The Balaban J connectivity index is 2.04. The summed E-state index contributed by atoms with van der Waals surface area (Å²) in [5.41, 5.74) is 0.938. The Labute approximate surface area is 177 Å². The molecule has 0 amide bonds. The summed E-state index contributed by atoms with van der Waals surface area (Å²) in [6, 6.07) is 10.1. The van der Waals surface area contributed by atoms with Gasteiger partial charge in [0.2, 0.25) is 10.0 Å². The zero-order valence-electron chi connectivity index (χ0n) is 18.4. The molecule has 29 heavy (non-hydrogen) atoms. The van der Waals surface area contributed by atoms with Crippen LogP contribution < -0.4 is 0 Å². The molecular weight excluding hydrogens is 402 g/mol. The van der Waals surface area contributed by atoms with Crippen LogP contribution in [0.15, 0.2) is 30.3 Å². The highest BCUT2D eigenvalue weighted by molar-refractivity contribution is 7.89. The lowest BCUT2D eigenvalue weighted by Gasteiger charge is -2.30. The van der Waals surface area contributed by atoms with Gasteiger partial charge < -0.3 is 4.74 Å². The Kier molecular flexibility index (Phi) is 8.91. The van der Waals surface area contributed by atoms with E-state index in [4.69, 9.17) is 4.74 Å². The van der Waals surface area contributed by atoms with Crippen molar-refractivity contribution in [1.82, 2.24) is 4.31 Å². The normalized spacial score (nSPS) is 20.7. The van der Waals surface area contributed by atoms with Gasteiger partial charge in [-0.15, -0.1) is 0 Å². The molecule has 5 nitrogen and oxygen atoms in total. The minimum absolute atomic E-state index is 0.0218. The molecule has 0 saturated carbocycles. The minimum atomic E-state index is -3.37. The third-order valence-electron chi connectivity index (χ3n) is 5.52. The van der Waals surface area contributed by atoms with Crippen molar-refractivity contribution in [3.63, 3.8) is 0 Å². The van der Waals surface area contributed by atoms with Crippen LogP contribution in [0.3, 0.4) is 0 Å². The summed E-state index contributed by atoms with van der Waals surface area (Å²) in [5, 5.41) is 0. The molecule has 1 fully saturated rings. The Morgan fingerprint density at radius 3 is 2.41 bits per heavy atom. The average molecular weight is 440 g/mol. The van der Waals surface area contributed by atoms with Crippen molar-refractivity contribution < 1.29 is 17.9 Å². The SMILES string of the molecule is CCCC[C@@H]1CC[C@@H](CC(=O)OCc2ccccc2)N1S(=O)(=O)CC[Si](C)(C)C. The first kappa shape index (κ1) is 24.1. The molecule has 7 heteroatoms. The number of sulfonamides is 1. The molecule has 1 aliphatic rings. The maximum Gasteiger partial charge on any atom is 0.307 e. The molecule has 2 rings (SSSR count). The Bertz CT molecular complexity index is 746. The number of unbranched alkanes of at least 4 members (excludes halogenated alkanes) is 1. The van der Waals surface area contributed by atoms with Gasteiger partial charge in [0.15, 0.2) is 0 Å². The van der Waals surface area contributed by atoms with Gasteiger partial charge >= 0.3 is 5.97 Å². The van der Waals surface area contributed by atoms with Crippen molar-refractivity contribution in [2.45, 2.75) is 89.8 Å². The molecule has 1 heterocycles. The third-order valence-corrected chi connectivity index (χ3v) is 9.59. The molecule has 0 spiro atoms. The second-order valence-electron chi connectivity index (χ2n) is 9.33. The number of rotatable bonds is 11. The van der Waals surface area contributed by atoms with Crippen LogP contribution in [0, 0.1) is 0 Å². The number of nitrogens with zero attached hydrogens (tertiary/aromatic N) is 1. The Morgan fingerprint density at radius 1 is 1.14 bits per heavy atom. The smallest absolute Gasteiger partial charge is 0.307 e. The van der Waals surface area contributed by atoms with Crippen molar-refractivity contribution in [3.8, 4) is 0 Å². The van der Waals surface area contributed by atoms with Crippen LogP contribution in [0.4, 0.5) is 0 Å². The van der Waals surface area contributed by atoms with Crippen molar-refractivity contribution >= 4 is 24.1 Å². The highest BCUT2D eigenvalue weighted by atomic mass is 32.2. The number of ether oxygens (including phenoxy) is 1. The second-order valence-corrected chi connectivity index (χ2v) is 16.9. The van der Waals surface area contributed by atoms with E-state index in [1.165, 1.54) is 0 Å². The first-order valence-corrected chi connectivity index (χ1v) is 16.1. The molecule has 0 bridgehead atoms. The summed E-state index contributed by atoms with van der Waals surface area (Å²) in [4.78, 5) is 12.4. The van der Waals surface area contributed by atoms with Crippen LogP contribution in [-0.4, -0.2) is 44.6 Å². The molecule has 1 aromatic carbocycles. The number of hydrogen-bond acceptors (Lipinski definition) is 4. The molecule has 0 unspecified atom stereocenters. The fraction of sp³-hybridized carbons (Fsp3) is 0.682. The summed E-state index contributed by atoms with van der Waals surface area (Å²) < 4.78 is 33.6. The molecule has 1 saturated heterocycles. The quantitative estimate of drug-likeness (QED) is 0.367. The molecule has 2 atom stereocenters. The van der Waals surface area contributed by atoms with E-state index < -0.39 is 18.1 Å². The van der Waals surface area contributed by atoms with E-state index in [0.717, 1.165) is 43.7 Å². The third kappa shape index (κ3) is 7.87. The molecule has 0 radical (unpaired) electrons. The highest BCUT2D eigenvalue weighted by Crippen LogP contribution is 2.33. The van der Waals surface area contributed by atoms with Gasteiger partial charge in [0.1, 0.15) is 6.61 Å². The van der Waals surface area contributed by atoms with Gasteiger partial charge in [0.05, 0.1) is 12.2 Å². The molecule has 0 N–H and O–H groups in total. The molecule has 164 valence electrons. The summed E-state index contributed by atoms with van der Waals surface area (Å²) >= 11 is 0. The zero-order valence-corrected chi connectivity index (χ0v) is 20.2. The zero-order chi connectivity index (χ0) is 21.5. The van der Waals surface area contributed by atoms with E-state index in [0.29, 0.717) is 0 Å². The number of hydrogen-bond donors (Lipinski definition) is 0. The first-order chi connectivity index (χ1) is 13.6. The first-order valence-electron chi connectivity index (χ1n) is 10.8. The lowest BCUT2D eigenvalue weighted by Crippen LogP contribution is -2.44. The molecule has 1 aliphatic heterocycles. The second kappa shape index (κ2) is 10.7. The van der Waals surface area contributed by atoms with Crippen molar-refractivity contribution in [2.24, 2.45) is 0 Å². The number of carbonyl (C=O) groups is 1. The van der Waals surface area contributed by atoms with E-state index in [2.05, 4.69) is 26.6 Å². The fourth-order valence-electron chi connectivity index (χ4n) is 3.82. The summed E-state index contributed by atoms with van der Waals surface area (Å²) in [6.45, 7) is 8.93. The molecule has 1 aromatic rings. The van der Waals surface area contributed by atoms with Gasteiger partial charge in [0.25, 0.3) is 0 Å². The predicted molar refractivity (Wildman–Crippen MR) is 121 cm³/mol. The van der Waals surface area contributed by atoms with E-state index in [-0.39, 0.29) is 36.8 Å². The number of carbonyl (C=O) groups excluding carboxylic acids is 1. The van der Waals surface area contributed by atoms with Crippen molar-refractivity contribution in [2.75, 3.05) is 5.75 Å². The fourth-order valence-corrected chi connectivity index (χ4v) is 8.82. The van der Waals surface area contributed by atoms with Gasteiger partial charge in [-0.25, -0.2) is 8.42 Å². The van der Waals surface area contributed by atoms with Crippen LogP contribution >= 0.6 is 0 Å². The number of esters is 1. The summed E-state index contributed by atoms with van der Waals surface area (Å²) in [5.74, 6) is -0.124. The van der Waals surface area contributed by atoms with Crippen LogP contribution in [0.5, 0.6) is 0 Å². The van der Waals surface area contributed by atoms with Crippen LogP contribution in [0.25, 0.3) is 0 Å². The van der Waals surface area contributed by atoms with E-state index in [9.17, 15) is 13.2 Å². The lowest BCUT2D eigenvalue weighted by molar-refractivity contribution is -0.145. The van der Waals surface area contributed by atoms with Gasteiger partial charge in [-0.05, 0) is 30.9 Å². The molecular formula is C22H37NO4SSi. The predicted octanol–water partition coefficient (Wildman–Crippen LogP) is 4.81. The van der Waals surface area contributed by atoms with E-state index in [1.807, 2.05) is 30.3 Å². The monoisotopic (exact) mass is 439 g/mol. The van der Waals surface area contributed by atoms with Gasteiger partial charge in [0, 0.05) is 20.2 Å². The van der Waals surface area contributed by atoms with E-state index in [1.54, 1.807) is 4.31 Å². The average Bonchev–Trinajstić information content (AvgIpc) is 3.07. The number of benzene rings is 1. The molecule has 0 aromatic heterocycles. The topological polar surface area (TPSA) is 63.7 Å². The largest absolute Gasteiger partial charge is 0.461 e. The van der Waals surface area contributed by atoms with Gasteiger partial charge in [-0.3, -0.25) is 4.79 Å². The standard InChI is InChI=1S/C22H37NO4SSi/c1-5-6-12-20-13-14-21(23(20)28(25,26)15-16-29(2,3)4)17-22(24)27-18-19-10-8-7-9-11-19/h7-11,20-21H,5-6,12-18H2,1-4H3/t20-,21+/m1/s1. The summed E-state index contributed by atoms with van der Waals surface area (Å²) in [7, 11) is -4.84. The maximum absolute atomic E-state index is 13.2. The van der Waals surface area contributed by atoms with Crippen molar-refractivity contribution in [3.05, 3.63) is 35.9 Å². The van der Waals surface area contributed by atoms with Gasteiger partial charge in [-0.1, -0.05) is 69.7 Å². The molecule has 0 aliphatic carbocycles. The summed E-state index contributed by atoms with van der Waals surface area (Å²) in [6.07, 6.45) is 4.64. The van der Waals surface area contributed by atoms with Crippen LogP contribution in [0.1, 0.15) is 51.0 Å². The lowest BCUT2D eigenvalue weighted by atomic mass is 10.1. The van der Waals surface area contributed by atoms with Gasteiger partial charge in [-0.2, -0.15) is 4.31 Å². The Morgan fingerprint density at radius 2 is 1.79 bits per heavy atom. The highest BCUT2D eigenvalue weighted by Gasteiger charge is 2.42. The van der Waals surface area contributed by atoms with Crippen LogP contribution in [-0.2, 0) is 26.2 Å².